The fourth-order valence-electron chi connectivity index (χ4n) is 5.93. The van der Waals surface area contributed by atoms with Crippen molar-refractivity contribution in [3.05, 3.63) is 71.8 Å². The van der Waals surface area contributed by atoms with Gasteiger partial charge < -0.3 is 15.5 Å². The number of carbonyl (C=O) groups is 4. The van der Waals surface area contributed by atoms with Gasteiger partial charge in [0.1, 0.15) is 0 Å². The molecule has 0 unspecified atom stereocenters. The Morgan fingerprint density at radius 3 is 1.41 bits per heavy atom. The van der Waals surface area contributed by atoms with Crippen LogP contribution in [-0.2, 0) is 22.4 Å². The number of hydrogen-bond acceptors (Lipinski definition) is 6. The predicted molar refractivity (Wildman–Crippen MR) is 181 cm³/mol. The highest BCUT2D eigenvalue weighted by molar-refractivity contribution is 5.94. The van der Waals surface area contributed by atoms with Crippen LogP contribution in [-0.4, -0.2) is 58.4 Å². The first kappa shape index (κ1) is 38.4. The minimum atomic E-state index is -1.35. The Kier molecular flexibility index (Phi) is 18.3. The molecule has 2 aromatic carbocycles. The molecule has 0 spiro atoms. The molecule has 0 fully saturated rings. The second-order valence-electron chi connectivity index (χ2n) is 12.4. The zero-order valence-electron chi connectivity index (χ0n) is 27.6. The quantitative estimate of drug-likeness (QED) is 0.0760. The summed E-state index contributed by atoms with van der Waals surface area (Å²) in [6, 6.07) is 19.3. The van der Waals surface area contributed by atoms with E-state index >= 15 is 0 Å². The molecule has 46 heavy (non-hydrogen) atoms. The van der Waals surface area contributed by atoms with Crippen LogP contribution in [0.25, 0.3) is 0 Å². The van der Waals surface area contributed by atoms with E-state index in [0.717, 1.165) is 57.8 Å². The number of benzene rings is 2. The average Bonchev–Trinajstić information content (AvgIpc) is 3.01. The number of carbonyl (C=O) groups excluding carboxylic acids is 2. The molecule has 0 aliphatic heterocycles. The molecule has 2 aromatic rings. The second kappa shape index (κ2) is 21.9. The van der Waals surface area contributed by atoms with Crippen LogP contribution in [0.5, 0.6) is 0 Å². The summed E-state index contributed by atoms with van der Waals surface area (Å²) in [5, 5.41) is 28.2. The molecule has 0 bridgehead atoms. The predicted octanol–water partition coefficient (Wildman–Crippen LogP) is 6.44. The Balaban J connectivity index is 1.77. The molecular formula is C36H54N4O6. The van der Waals surface area contributed by atoms with Crippen molar-refractivity contribution in [3.8, 4) is 0 Å². The smallest absolute Gasteiger partial charge is 0.411 e. The van der Waals surface area contributed by atoms with Crippen LogP contribution in [0.1, 0.15) is 102 Å². The number of hydrogen-bond donors (Lipinski definition) is 6. The maximum Gasteiger partial charge on any atom is 0.411 e. The molecular weight excluding hydrogens is 584 g/mol. The zero-order valence-corrected chi connectivity index (χ0v) is 27.6. The van der Waals surface area contributed by atoms with Crippen molar-refractivity contribution in [2.75, 3.05) is 6.54 Å². The average molecular weight is 639 g/mol. The lowest BCUT2D eigenvalue weighted by atomic mass is 9.79. The van der Waals surface area contributed by atoms with Crippen molar-refractivity contribution in [3.63, 3.8) is 0 Å². The third kappa shape index (κ3) is 16.5. The van der Waals surface area contributed by atoms with Gasteiger partial charge in [-0.25, -0.2) is 9.59 Å². The van der Waals surface area contributed by atoms with Crippen molar-refractivity contribution in [2.45, 2.75) is 121 Å². The van der Waals surface area contributed by atoms with Crippen molar-refractivity contribution >= 4 is 24.0 Å². The molecule has 10 heteroatoms. The molecule has 4 amide bonds. The SMILES string of the molecule is C[C@H](NCCCCCCCCCCCCCC(Cc1ccccc1)(Cc1ccccc1)N[C@@H](C)C(=O)NC(=O)O)C(=O)NC(=O)O. The number of imide groups is 2. The molecule has 0 aliphatic rings. The van der Waals surface area contributed by atoms with Crippen LogP contribution in [0.2, 0.25) is 0 Å². The van der Waals surface area contributed by atoms with E-state index in [1.165, 1.54) is 43.2 Å². The first-order valence-electron chi connectivity index (χ1n) is 16.8. The van der Waals surface area contributed by atoms with E-state index in [0.29, 0.717) is 6.54 Å². The Bertz CT molecular complexity index is 1140. The lowest BCUT2D eigenvalue weighted by Gasteiger charge is -2.38. The van der Waals surface area contributed by atoms with Gasteiger partial charge in [-0.2, -0.15) is 0 Å². The molecule has 0 aliphatic carbocycles. The summed E-state index contributed by atoms with van der Waals surface area (Å²) in [7, 11) is 0. The van der Waals surface area contributed by atoms with Gasteiger partial charge in [0, 0.05) is 5.54 Å². The zero-order chi connectivity index (χ0) is 33.6. The largest absolute Gasteiger partial charge is 0.465 e. The van der Waals surface area contributed by atoms with Crippen molar-refractivity contribution in [1.82, 2.24) is 21.3 Å². The van der Waals surface area contributed by atoms with Gasteiger partial charge in [-0.1, -0.05) is 125 Å². The standard InChI is InChI=1S/C36H54N4O6/c1-28(32(41)38-34(43)44)37-25-19-11-9-7-5-3-4-6-8-10-18-24-36(26-30-20-14-12-15-21-30,27-31-22-16-13-17-23-31)40-29(2)33(42)39-35(45)46/h12-17,20-23,28-29,37,40H,3-11,18-19,24-27H2,1-2H3,(H,38,41)(H,39,42)(H,43,44)(H,45,46)/t28-,29-/m0/s1. The summed E-state index contributed by atoms with van der Waals surface area (Å²) < 4.78 is 0. The van der Waals surface area contributed by atoms with E-state index in [4.69, 9.17) is 10.2 Å². The van der Waals surface area contributed by atoms with Gasteiger partial charge in [-0.05, 0) is 57.2 Å². The molecule has 6 N–H and O–H groups in total. The monoisotopic (exact) mass is 638 g/mol. The minimum Gasteiger partial charge on any atom is -0.465 e. The highest BCUT2D eigenvalue weighted by Crippen LogP contribution is 2.27. The minimum absolute atomic E-state index is 0.420. The van der Waals surface area contributed by atoms with Crippen LogP contribution in [0, 0.1) is 0 Å². The topological polar surface area (TPSA) is 157 Å². The molecule has 254 valence electrons. The van der Waals surface area contributed by atoms with Gasteiger partial charge in [-0.15, -0.1) is 0 Å². The highest BCUT2D eigenvalue weighted by Gasteiger charge is 2.33. The number of amides is 4. The molecule has 0 radical (unpaired) electrons. The number of unbranched alkanes of at least 4 members (excludes halogenated alkanes) is 10. The van der Waals surface area contributed by atoms with Gasteiger partial charge in [0.2, 0.25) is 11.8 Å². The van der Waals surface area contributed by atoms with E-state index < -0.39 is 41.6 Å². The van der Waals surface area contributed by atoms with Crippen molar-refractivity contribution < 1.29 is 29.4 Å². The van der Waals surface area contributed by atoms with E-state index in [1.807, 2.05) is 47.0 Å². The first-order chi connectivity index (χ1) is 22.1. The normalized spacial score (nSPS) is 12.7. The summed E-state index contributed by atoms with van der Waals surface area (Å²) in [6.45, 7) is 4.08. The second-order valence-corrected chi connectivity index (χ2v) is 12.4. The fraction of sp³-hybridized carbons (Fsp3) is 0.556. The third-order valence-electron chi connectivity index (χ3n) is 8.32. The third-order valence-corrected chi connectivity index (χ3v) is 8.32. The summed E-state index contributed by atoms with van der Waals surface area (Å²) in [4.78, 5) is 45.9. The van der Waals surface area contributed by atoms with E-state index in [-0.39, 0.29) is 0 Å². The molecule has 0 saturated heterocycles. The van der Waals surface area contributed by atoms with Gasteiger partial charge in [-0.3, -0.25) is 25.5 Å². The van der Waals surface area contributed by atoms with Gasteiger partial charge in [0.25, 0.3) is 0 Å². The molecule has 0 saturated carbocycles. The first-order valence-corrected chi connectivity index (χ1v) is 16.8. The van der Waals surface area contributed by atoms with Crippen LogP contribution in [0.3, 0.4) is 0 Å². The van der Waals surface area contributed by atoms with Crippen molar-refractivity contribution in [1.29, 1.82) is 0 Å². The molecule has 0 aromatic heterocycles. The molecule has 10 nitrogen and oxygen atoms in total. The number of nitrogens with one attached hydrogen (secondary N) is 4. The Labute approximate surface area is 274 Å². The molecule has 2 atom stereocenters. The van der Waals surface area contributed by atoms with Gasteiger partial charge in [0.15, 0.2) is 0 Å². The number of carboxylic acid groups (broad SMARTS) is 2. The highest BCUT2D eigenvalue weighted by atomic mass is 16.4. The summed E-state index contributed by atoms with van der Waals surface area (Å²) in [5.74, 6) is -1.08. The van der Waals surface area contributed by atoms with Crippen LogP contribution >= 0.6 is 0 Å². The van der Waals surface area contributed by atoms with Gasteiger partial charge in [0.05, 0.1) is 12.1 Å². The summed E-state index contributed by atoms with van der Waals surface area (Å²) >= 11 is 0. The van der Waals surface area contributed by atoms with Crippen LogP contribution < -0.4 is 21.3 Å². The molecule has 0 heterocycles. The maximum absolute atomic E-state index is 12.6. The van der Waals surface area contributed by atoms with Gasteiger partial charge >= 0.3 is 12.2 Å². The Morgan fingerprint density at radius 2 is 0.978 bits per heavy atom. The van der Waals surface area contributed by atoms with E-state index in [1.54, 1.807) is 13.8 Å². The Morgan fingerprint density at radius 1 is 0.587 bits per heavy atom. The fourth-order valence-corrected chi connectivity index (χ4v) is 5.93. The van der Waals surface area contributed by atoms with E-state index in [9.17, 15) is 19.2 Å². The lowest BCUT2D eigenvalue weighted by molar-refractivity contribution is -0.123. The summed E-state index contributed by atoms with van der Waals surface area (Å²) in [5.41, 5.74) is 1.92. The maximum atomic E-state index is 12.6. The molecule has 2 rings (SSSR count). The van der Waals surface area contributed by atoms with Crippen molar-refractivity contribution in [2.24, 2.45) is 0 Å². The van der Waals surface area contributed by atoms with Crippen LogP contribution in [0.15, 0.2) is 60.7 Å². The Hall–Kier alpha value is -3.76. The van der Waals surface area contributed by atoms with E-state index in [2.05, 4.69) is 34.9 Å². The lowest BCUT2D eigenvalue weighted by Crippen LogP contribution is -2.57. The summed E-state index contributed by atoms with van der Waals surface area (Å²) in [6.07, 6.45) is 12.1. The van der Waals surface area contributed by atoms with Crippen LogP contribution in [0.4, 0.5) is 9.59 Å². The number of rotatable bonds is 23.